The maximum absolute atomic E-state index is 10.7. The lowest BCUT2D eigenvalue weighted by Crippen LogP contribution is -2.19. The molecule has 1 saturated heterocycles. The van der Waals surface area contributed by atoms with Gasteiger partial charge in [0.15, 0.2) is 0 Å². The highest BCUT2D eigenvalue weighted by Gasteiger charge is 2.23. The number of rotatable bonds is 1. The average Bonchev–Trinajstić information content (AvgIpc) is 2.33. The van der Waals surface area contributed by atoms with Crippen molar-refractivity contribution in [1.82, 2.24) is 5.32 Å². The first-order chi connectivity index (χ1) is 6.15. The molecule has 0 aliphatic carbocycles. The molecule has 72 valence electrons. The largest absolute Gasteiger partial charge is 0.504 e. The third-order valence-electron chi connectivity index (χ3n) is 1.16. The van der Waals surface area contributed by atoms with Gasteiger partial charge in [0.05, 0.1) is 25.4 Å². The second-order valence-electron chi connectivity index (χ2n) is 2.34. The maximum Gasteiger partial charge on any atom is 0.257 e. The Kier molecular flexibility index (Phi) is 5.27. The highest BCUT2D eigenvalue weighted by molar-refractivity contribution is 6.13. The van der Waals surface area contributed by atoms with Crippen LogP contribution in [0.25, 0.3) is 0 Å². The molecule has 2 amide bonds. The van der Waals surface area contributed by atoms with Gasteiger partial charge in [0.1, 0.15) is 0 Å². The van der Waals surface area contributed by atoms with E-state index in [0.29, 0.717) is 5.57 Å². The molecule has 0 radical (unpaired) electrons. The van der Waals surface area contributed by atoms with Gasteiger partial charge in [0.25, 0.3) is 5.91 Å². The predicted molar refractivity (Wildman–Crippen MR) is 48.7 cm³/mol. The zero-order valence-electron chi connectivity index (χ0n) is 7.79. The van der Waals surface area contributed by atoms with E-state index in [1.54, 1.807) is 6.08 Å². The van der Waals surface area contributed by atoms with Crippen LogP contribution >= 0.6 is 0 Å². The van der Waals surface area contributed by atoms with E-state index in [1.807, 2.05) is 6.92 Å². The number of methoxy groups -OCH3 is 1. The molecular weight excluding hydrogens is 170 g/mol. The molecule has 0 aromatic rings. The van der Waals surface area contributed by atoms with Gasteiger partial charge in [-0.2, -0.15) is 0 Å². The fourth-order valence-electron chi connectivity index (χ4n) is 0.742. The van der Waals surface area contributed by atoms with Crippen LogP contribution in [0.3, 0.4) is 0 Å². The number of carbonyl (C=O) groups is 2. The van der Waals surface area contributed by atoms with E-state index in [1.165, 1.54) is 13.4 Å². The number of hydrogen-bond acceptors (Lipinski definition) is 3. The van der Waals surface area contributed by atoms with Crippen LogP contribution in [0, 0.1) is 0 Å². The summed E-state index contributed by atoms with van der Waals surface area (Å²) in [4.78, 5) is 21.2. The number of carbonyl (C=O) groups excluding carboxylic acids is 2. The summed E-state index contributed by atoms with van der Waals surface area (Å²) in [5.41, 5.74) is 0.382. The number of nitrogens with one attached hydrogen (secondary N) is 1. The quantitative estimate of drug-likeness (QED) is 0.282. The number of imide groups is 1. The van der Waals surface area contributed by atoms with Crippen LogP contribution in [0.15, 0.2) is 24.5 Å². The van der Waals surface area contributed by atoms with E-state index >= 15 is 0 Å². The average molecular weight is 183 g/mol. The first-order valence-corrected chi connectivity index (χ1v) is 3.78. The molecule has 0 aromatic carbocycles. The van der Waals surface area contributed by atoms with Gasteiger partial charge in [-0.1, -0.05) is 6.08 Å². The minimum Gasteiger partial charge on any atom is -0.504 e. The molecule has 1 aliphatic heterocycles. The number of ether oxygens (including phenoxy) is 1. The topological polar surface area (TPSA) is 55.4 Å². The van der Waals surface area contributed by atoms with Gasteiger partial charge >= 0.3 is 0 Å². The highest BCUT2D eigenvalue weighted by atomic mass is 16.5. The second-order valence-corrected chi connectivity index (χ2v) is 2.34. The zero-order chi connectivity index (χ0) is 10.3. The molecular formula is C9H13NO3. The Morgan fingerprint density at radius 1 is 1.54 bits per heavy atom. The second kappa shape index (κ2) is 5.99. The molecule has 1 heterocycles. The Bertz CT molecular complexity index is 243. The Hall–Kier alpha value is -1.58. The molecule has 13 heavy (non-hydrogen) atoms. The lowest BCUT2D eigenvalue weighted by atomic mass is 10.2. The van der Waals surface area contributed by atoms with Gasteiger partial charge < -0.3 is 4.74 Å². The fourth-order valence-corrected chi connectivity index (χ4v) is 0.742. The smallest absolute Gasteiger partial charge is 0.257 e. The summed E-state index contributed by atoms with van der Waals surface area (Å²) in [7, 11) is 1.43. The summed E-state index contributed by atoms with van der Waals surface area (Å²) < 4.78 is 4.57. The van der Waals surface area contributed by atoms with Gasteiger partial charge in [0.2, 0.25) is 5.91 Å². The van der Waals surface area contributed by atoms with Crippen molar-refractivity contribution in [3.05, 3.63) is 24.5 Å². The molecule has 1 rings (SSSR count). The molecule has 1 aliphatic rings. The standard InChI is InChI=1S/C6H7NO3.C3H6/c1-10-3-4-2-5(8)7-6(4)9;1-3-2/h3H,2H2,1H3,(H,7,8,9);3H,1H2,2H3. The minimum atomic E-state index is -0.355. The monoisotopic (exact) mass is 183 g/mol. The third kappa shape index (κ3) is 4.10. The first-order valence-electron chi connectivity index (χ1n) is 3.78. The molecule has 0 aromatic heterocycles. The van der Waals surface area contributed by atoms with Crippen molar-refractivity contribution in [3.63, 3.8) is 0 Å². The Morgan fingerprint density at radius 2 is 2.08 bits per heavy atom. The molecule has 0 saturated carbocycles. The maximum atomic E-state index is 10.7. The molecule has 4 nitrogen and oxygen atoms in total. The van der Waals surface area contributed by atoms with Crippen molar-refractivity contribution < 1.29 is 14.3 Å². The summed E-state index contributed by atoms with van der Waals surface area (Å²) in [6.45, 7) is 5.25. The van der Waals surface area contributed by atoms with E-state index in [0.717, 1.165) is 0 Å². The van der Waals surface area contributed by atoms with Crippen molar-refractivity contribution in [2.75, 3.05) is 7.11 Å². The lowest BCUT2D eigenvalue weighted by Gasteiger charge is -1.88. The van der Waals surface area contributed by atoms with Gasteiger partial charge in [-0.25, -0.2) is 0 Å². The molecule has 0 atom stereocenters. The predicted octanol–water partition coefficient (Wildman–Crippen LogP) is 0.755. The Morgan fingerprint density at radius 3 is 2.38 bits per heavy atom. The van der Waals surface area contributed by atoms with E-state index in [-0.39, 0.29) is 18.2 Å². The highest BCUT2D eigenvalue weighted by Crippen LogP contribution is 2.07. The van der Waals surface area contributed by atoms with Gasteiger partial charge in [-0.15, -0.1) is 6.58 Å². The van der Waals surface area contributed by atoms with E-state index in [2.05, 4.69) is 16.6 Å². The summed E-state index contributed by atoms with van der Waals surface area (Å²) >= 11 is 0. The van der Waals surface area contributed by atoms with Crippen LogP contribution in [0.5, 0.6) is 0 Å². The normalized spacial score (nSPS) is 17.5. The van der Waals surface area contributed by atoms with Crippen molar-refractivity contribution in [3.8, 4) is 0 Å². The van der Waals surface area contributed by atoms with Gasteiger partial charge in [0, 0.05) is 0 Å². The van der Waals surface area contributed by atoms with Crippen LogP contribution in [0.1, 0.15) is 13.3 Å². The van der Waals surface area contributed by atoms with Crippen LogP contribution in [-0.4, -0.2) is 18.9 Å². The van der Waals surface area contributed by atoms with Crippen LogP contribution in [0.2, 0.25) is 0 Å². The van der Waals surface area contributed by atoms with Crippen LogP contribution < -0.4 is 5.32 Å². The van der Waals surface area contributed by atoms with Crippen LogP contribution in [0.4, 0.5) is 0 Å². The van der Waals surface area contributed by atoms with Crippen molar-refractivity contribution in [1.29, 1.82) is 0 Å². The third-order valence-corrected chi connectivity index (χ3v) is 1.16. The van der Waals surface area contributed by atoms with E-state index < -0.39 is 0 Å². The summed E-state index contributed by atoms with van der Waals surface area (Å²) in [6, 6.07) is 0. The zero-order valence-corrected chi connectivity index (χ0v) is 7.79. The van der Waals surface area contributed by atoms with Crippen molar-refractivity contribution in [2.24, 2.45) is 0 Å². The summed E-state index contributed by atoms with van der Waals surface area (Å²) in [5, 5.41) is 2.13. The number of amides is 2. The Labute approximate surface area is 77.3 Å². The van der Waals surface area contributed by atoms with Gasteiger partial charge in [-0.05, 0) is 6.92 Å². The molecule has 1 fully saturated rings. The molecule has 4 heteroatoms. The van der Waals surface area contributed by atoms with Crippen molar-refractivity contribution >= 4 is 11.8 Å². The molecule has 0 unspecified atom stereocenters. The van der Waals surface area contributed by atoms with E-state index in [9.17, 15) is 9.59 Å². The van der Waals surface area contributed by atoms with Crippen LogP contribution in [-0.2, 0) is 14.3 Å². The Balaban J connectivity index is 0.000000424. The molecule has 1 N–H and O–H groups in total. The van der Waals surface area contributed by atoms with E-state index in [4.69, 9.17) is 0 Å². The van der Waals surface area contributed by atoms with Crippen molar-refractivity contribution in [2.45, 2.75) is 13.3 Å². The number of allylic oxidation sites excluding steroid dienone is 1. The minimum absolute atomic E-state index is 0.132. The SMILES string of the molecule is C=CC.COC=C1CC(=O)NC1=O. The summed E-state index contributed by atoms with van der Waals surface area (Å²) in [5.74, 6) is -0.625. The first kappa shape index (κ1) is 11.4. The molecule has 0 spiro atoms. The summed E-state index contributed by atoms with van der Waals surface area (Å²) in [6.07, 6.45) is 3.16. The fraction of sp³-hybridized carbons (Fsp3) is 0.333. The van der Waals surface area contributed by atoms with Gasteiger partial charge in [-0.3, -0.25) is 14.9 Å². The molecule has 0 bridgehead atoms. The lowest BCUT2D eigenvalue weighted by molar-refractivity contribution is -0.124. The number of hydrogen-bond donors (Lipinski definition) is 1.